The second-order valence-corrected chi connectivity index (χ2v) is 2.00. The van der Waals surface area contributed by atoms with Gasteiger partial charge in [-0.2, -0.15) is 0 Å². The van der Waals surface area contributed by atoms with E-state index in [1.807, 2.05) is 0 Å². The minimum absolute atomic E-state index is 0.0131. The number of phenols is 1. The molecule has 0 unspecified atom stereocenters. The van der Waals surface area contributed by atoms with Crippen LogP contribution in [0.2, 0.25) is 0 Å². The summed E-state index contributed by atoms with van der Waals surface area (Å²) in [6.45, 7) is 0. The van der Waals surface area contributed by atoms with Gasteiger partial charge in [0.2, 0.25) is 0 Å². The number of phenolic OH excluding ortho intramolecular Hbond substituents is 1. The van der Waals surface area contributed by atoms with Crippen molar-refractivity contribution in [1.82, 2.24) is 0 Å². The average molecular weight is 182 g/mol. The Balaban J connectivity index is 0.000000671. The summed E-state index contributed by atoms with van der Waals surface area (Å²) in [5.74, 6) is -0.143. The van der Waals surface area contributed by atoms with Crippen molar-refractivity contribution in [1.29, 1.82) is 10.8 Å². The van der Waals surface area contributed by atoms with Gasteiger partial charge in [0, 0.05) is 22.9 Å². The number of non-ortho nitro benzene ring substituents is 1. The molecule has 0 saturated heterocycles. The van der Waals surface area contributed by atoms with Gasteiger partial charge in [-0.15, -0.1) is 0 Å². The van der Waals surface area contributed by atoms with Crippen molar-refractivity contribution < 1.29 is 10.0 Å². The van der Waals surface area contributed by atoms with Gasteiger partial charge in [0.25, 0.3) is 5.69 Å². The van der Waals surface area contributed by atoms with E-state index in [2.05, 4.69) is 0 Å². The van der Waals surface area contributed by atoms with E-state index in [1.54, 1.807) is 0 Å². The van der Waals surface area contributed by atoms with Gasteiger partial charge in [-0.1, -0.05) is 0 Å². The molecule has 0 aromatic heterocycles. The summed E-state index contributed by atoms with van der Waals surface area (Å²) in [5, 5.41) is 31.0. The lowest BCUT2D eigenvalue weighted by Crippen LogP contribution is -1.90. The Hall–Kier alpha value is -2.36. The molecule has 0 spiro atoms. The Kier molecular flexibility index (Phi) is 3.69. The van der Waals surface area contributed by atoms with Crippen LogP contribution in [0.1, 0.15) is 0 Å². The highest BCUT2D eigenvalue weighted by molar-refractivity contribution is 5.57. The number of hydrogen-bond acceptors (Lipinski definition) is 6. The second-order valence-electron chi connectivity index (χ2n) is 2.00. The first kappa shape index (κ1) is 10.6. The van der Waals surface area contributed by atoms with Gasteiger partial charge in [-0.3, -0.25) is 10.1 Å². The number of aromatic hydroxyl groups is 1. The quantitative estimate of drug-likeness (QED) is 0.217. The molecular formula is C6H6N4O3. The highest BCUT2D eigenvalue weighted by atomic mass is 16.6. The molecule has 1 rings (SSSR count). The number of nitrogens with zero attached hydrogens (tertiary/aromatic N) is 3. The number of anilines is 1. The Labute approximate surface area is 73.0 Å². The van der Waals surface area contributed by atoms with Crippen molar-refractivity contribution in [2.75, 3.05) is 5.73 Å². The van der Waals surface area contributed by atoms with E-state index >= 15 is 0 Å². The van der Waals surface area contributed by atoms with Crippen LogP contribution in [0.5, 0.6) is 5.75 Å². The molecule has 0 atom stereocenters. The highest BCUT2D eigenvalue weighted by Gasteiger charge is 2.06. The first-order valence-electron chi connectivity index (χ1n) is 3.04. The summed E-state index contributed by atoms with van der Waals surface area (Å²) in [6.07, 6.45) is 0. The van der Waals surface area contributed by atoms with Crippen LogP contribution in [0.15, 0.2) is 18.2 Å². The predicted octanol–water partition coefficient (Wildman–Crippen LogP) is 0.913. The van der Waals surface area contributed by atoms with Crippen LogP contribution in [0.4, 0.5) is 11.4 Å². The molecule has 3 N–H and O–H groups in total. The second kappa shape index (κ2) is 4.50. The van der Waals surface area contributed by atoms with Gasteiger partial charge in [-0.25, -0.2) is 0 Å². The Morgan fingerprint density at radius 1 is 1.46 bits per heavy atom. The van der Waals surface area contributed by atoms with Crippen molar-refractivity contribution in [3.05, 3.63) is 28.3 Å². The zero-order valence-corrected chi connectivity index (χ0v) is 6.41. The van der Waals surface area contributed by atoms with Crippen LogP contribution in [-0.2, 0) is 0 Å². The molecule has 7 heteroatoms. The molecule has 7 nitrogen and oxygen atoms in total. The maximum Gasteiger partial charge on any atom is 0.271 e. The number of hydrogen-bond donors (Lipinski definition) is 2. The van der Waals surface area contributed by atoms with Crippen LogP contribution in [0.3, 0.4) is 0 Å². The zero-order chi connectivity index (χ0) is 10.4. The smallest absolute Gasteiger partial charge is 0.271 e. The number of nitro groups is 1. The summed E-state index contributed by atoms with van der Waals surface area (Å²) < 4.78 is 0. The fourth-order valence-corrected chi connectivity index (χ4v) is 0.655. The Morgan fingerprint density at radius 2 is 2.00 bits per heavy atom. The monoisotopic (exact) mass is 182 g/mol. The molecule has 0 aliphatic carbocycles. The lowest BCUT2D eigenvalue weighted by molar-refractivity contribution is -0.384. The fraction of sp³-hybridized carbons (Fsp3) is 0. The first-order valence-corrected chi connectivity index (χ1v) is 3.04. The van der Waals surface area contributed by atoms with Gasteiger partial charge in [0.1, 0.15) is 5.75 Å². The number of benzene rings is 1. The number of nitrogens with two attached hydrogens (primary N) is 1. The standard InChI is InChI=1S/C6H6N2O3.N2/c7-5-3-4(8(10)11)1-2-6(5)9;1-2/h1-3,9H,7H2;. The van der Waals surface area contributed by atoms with Gasteiger partial charge in [-0.05, 0) is 6.07 Å². The van der Waals surface area contributed by atoms with E-state index in [9.17, 15) is 10.1 Å². The number of nitrogen functional groups attached to an aromatic ring is 1. The summed E-state index contributed by atoms with van der Waals surface area (Å²) in [6, 6.07) is 3.48. The normalized spacial score (nSPS) is 8.15. The largest absolute Gasteiger partial charge is 0.506 e. The van der Waals surface area contributed by atoms with Crippen molar-refractivity contribution >= 4 is 11.4 Å². The molecule has 0 saturated carbocycles. The summed E-state index contributed by atoms with van der Waals surface area (Å²) >= 11 is 0. The van der Waals surface area contributed by atoms with E-state index < -0.39 is 4.92 Å². The van der Waals surface area contributed by atoms with Crippen molar-refractivity contribution in [3.63, 3.8) is 0 Å². The van der Waals surface area contributed by atoms with Crippen molar-refractivity contribution in [2.45, 2.75) is 0 Å². The number of nitro benzene ring substituents is 1. The van der Waals surface area contributed by atoms with E-state index in [-0.39, 0.29) is 17.1 Å². The molecule has 0 radical (unpaired) electrons. The molecule has 0 aliphatic heterocycles. The van der Waals surface area contributed by atoms with Gasteiger partial charge < -0.3 is 10.8 Å². The van der Waals surface area contributed by atoms with Crippen LogP contribution < -0.4 is 5.73 Å². The fourth-order valence-electron chi connectivity index (χ4n) is 0.655. The predicted molar refractivity (Wildman–Crippen MR) is 42.6 cm³/mol. The molecule has 1 aromatic rings. The van der Waals surface area contributed by atoms with Crippen LogP contribution in [0.25, 0.3) is 0 Å². The molecule has 0 fully saturated rings. The molecule has 13 heavy (non-hydrogen) atoms. The average Bonchev–Trinajstić information content (AvgIpc) is 2.13. The number of rotatable bonds is 1. The molecular weight excluding hydrogens is 176 g/mol. The Bertz CT molecular complexity index is 336. The maximum absolute atomic E-state index is 10.1. The highest BCUT2D eigenvalue weighted by Crippen LogP contribution is 2.24. The lowest BCUT2D eigenvalue weighted by Gasteiger charge is -1.96. The topological polar surface area (TPSA) is 137 Å². The van der Waals surface area contributed by atoms with E-state index in [1.165, 1.54) is 12.1 Å². The minimum atomic E-state index is -0.574. The maximum atomic E-state index is 10.1. The molecule has 0 bridgehead atoms. The van der Waals surface area contributed by atoms with Gasteiger partial charge in [0.15, 0.2) is 0 Å². The first-order chi connectivity index (χ1) is 6.11. The molecule has 0 amide bonds. The SMILES string of the molecule is N#N.Nc1cc([N+](=O)[O-])ccc1O. The minimum Gasteiger partial charge on any atom is -0.506 e. The van der Waals surface area contributed by atoms with E-state index in [0.29, 0.717) is 0 Å². The van der Waals surface area contributed by atoms with E-state index in [0.717, 1.165) is 6.07 Å². The molecule has 68 valence electrons. The third-order valence-corrected chi connectivity index (χ3v) is 1.22. The third-order valence-electron chi connectivity index (χ3n) is 1.22. The lowest BCUT2D eigenvalue weighted by atomic mass is 10.2. The van der Waals surface area contributed by atoms with Crippen LogP contribution in [-0.4, -0.2) is 10.0 Å². The third kappa shape index (κ3) is 2.63. The molecule has 0 heterocycles. The van der Waals surface area contributed by atoms with Crippen LogP contribution >= 0.6 is 0 Å². The van der Waals surface area contributed by atoms with Gasteiger partial charge >= 0.3 is 0 Å². The summed E-state index contributed by atoms with van der Waals surface area (Å²) in [5.41, 5.74) is 5.09. The van der Waals surface area contributed by atoms with E-state index in [4.69, 9.17) is 21.6 Å². The molecule has 1 aromatic carbocycles. The van der Waals surface area contributed by atoms with Crippen molar-refractivity contribution in [2.24, 2.45) is 0 Å². The Morgan fingerprint density at radius 3 is 2.38 bits per heavy atom. The van der Waals surface area contributed by atoms with Crippen LogP contribution in [0, 0.1) is 20.9 Å². The summed E-state index contributed by atoms with van der Waals surface area (Å²) in [4.78, 5) is 9.56. The molecule has 0 aliphatic rings. The van der Waals surface area contributed by atoms with Gasteiger partial charge in [0.05, 0.1) is 10.6 Å². The summed E-state index contributed by atoms with van der Waals surface area (Å²) in [7, 11) is 0. The van der Waals surface area contributed by atoms with Crippen molar-refractivity contribution in [3.8, 4) is 5.75 Å². The zero-order valence-electron chi connectivity index (χ0n) is 6.41.